The van der Waals surface area contributed by atoms with Crippen LogP contribution in [0.15, 0.2) is 65.0 Å². The number of halogens is 3. The Kier molecular flexibility index (Phi) is 18.5. The molecule has 0 saturated carbocycles. The smallest absolute Gasteiger partial charge is 0.387 e. The van der Waals surface area contributed by atoms with Crippen LogP contribution in [0.25, 0.3) is 0 Å². The highest BCUT2D eigenvalue weighted by Gasteiger charge is 2.09. The Morgan fingerprint density at radius 3 is 2.36 bits per heavy atom. The highest BCUT2D eigenvalue weighted by molar-refractivity contribution is 5.96. The average Bonchev–Trinajstić information content (AvgIpc) is 2.80. The predicted molar refractivity (Wildman–Crippen MR) is 130 cm³/mol. The van der Waals surface area contributed by atoms with Gasteiger partial charge in [0.2, 0.25) is 5.91 Å². The van der Waals surface area contributed by atoms with Gasteiger partial charge in [-0.25, -0.2) is 4.39 Å². The highest BCUT2D eigenvalue weighted by Crippen LogP contribution is 2.18. The van der Waals surface area contributed by atoms with Gasteiger partial charge < -0.3 is 10.5 Å². The van der Waals surface area contributed by atoms with Crippen LogP contribution in [0.1, 0.15) is 39.7 Å². The number of benzene rings is 1. The summed E-state index contributed by atoms with van der Waals surface area (Å²) in [7, 11) is 3.00. The molecular formula is C25H34F3N3O2. The Morgan fingerprint density at radius 1 is 1.27 bits per heavy atom. The molecule has 8 heteroatoms. The zero-order valence-corrected chi connectivity index (χ0v) is 20.3. The number of alkyl halides is 2. The number of guanidine groups is 1. The van der Waals surface area contributed by atoms with Crippen molar-refractivity contribution in [3.8, 4) is 17.6 Å². The van der Waals surface area contributed by atoms with Crippen molar-refractivity contribution < 1.29 is 22.7 Å². The van der Waals surface area contributed by atoms with Crippen LogP contribution in [0, 0.1) is 18.8 Å². The predicted octanol–water partition coefficient (Wildman–Crippen LogP) is 5.78. The van der Waals surface area contributed by atoms with Gasteiger partial charge in [-0.15, -0.1) is 5.92 Å². The number of hydrogen-bond acceptors (Lipinski definition) is 3. The van der Waals surface area contributed by atoms with E-state index in [1.807, 2.05) is 13.8 Å². The number of aliphatic imine (C=N–C) groups is 1. The Bertz CT molecular complexity index is 896. The molecule has 1 rings (SSSR count). The van der Waals surface area contributed by atoms with E-state index in [4.69, 9.17) is 5.73 Å². The first-order valence-corrected chi connectivity index (χ1v) is 10.3. The van der Waals surface area contributed by atoms with Gasteiger partial charge in [0, 0.05) is 20.5 Å². The molecule has 0 spiro atoms. The van der Waals surface area contributed by atoms with Crippen molar-refractivity contribution in [2.75, 3.05) is 14.1 Å². The maximum absolute atomic E-state index is 13.8. The summed E-state index contributed by atoms with van der Waals surface area (Å²) in [5.74, 6) is 4.89. The van der Waals surface area contributed by atoms with E-state index in [1.54, 1.807) is 51.1 Å². The van der Waals surface area contributed by atoms with Crippen molar-refractivity contribution in [2.24, 2.45) is 10.7 Å². The molecule has 1 amide bonds. The normalized spacial score (nSPS) is 11.5. The summed E-state index contributed by atoms with van der Waals surface area (Å²) in [6.07, 6.45) is 5.96. The number of aryl methyl sites for hydroxylation is 1. The molecule has 1 aromatic carbocycles. The van der Waals surface area contributed by atoms with Crippen molar-refractivity contribution in [1.82, 2.24) is 4.90 Å². The molecule has 0 atom stereocenters. The fraction of sp³-hybridized carbons (Fsp3) is 0.360. The van der Waals surface area contributed by atoms with Crippen LogP contribution < -0.4 is 10.5 Å². The van der Waals surface area contributed by atoms with Crippen LogP contribution >= 0.6 is 0 Å². The molecule has 5 nitrogen and oxygen atoms in total. The van der Waals surface area contributed by atoms with Gasteiger partial charge >= 0.3 is 6.61 Å². The van der Waals surface area contributed by atoms with Gasteiger partial charge in [-0.1, -0.05) is 50.1 Å². The number of carbonyl (C=O) groups excluding carboxylic acids is 1. The lowest BCUT2D eigenvalue weighted by Crippen LogP contribution is -2.38. The van der Waals surface area contributed by atoms with Gasteiger partial charge in [0.1, 0.15) is 11.6 Å². The third kappa shape index (κ3) is 14.3. The molecule has 33 heavy (non-hydrogen) atoms. The minimum Gasteiger partial charge on any atom is -0.435 e. The van der Waals surface area contributed by atoms with Crippen molar-refractivity contribution in [3.05, 3.63) is 65.5 Å². The van der Waals surface area contributed by atoms with Gasteiger partial charge in [-0.2, -0.15) is 8.78 Å². The van der Waals surface area contributed by atoms with Crippen LogP contribution in [0.4, 0.5) is 13.2 Å². The maximum atomic E-state index is 13.8. The van der Waals surface area contributed by atoms with Gasteiger partial charge in [0.05, 0.1) is 5.57 Å². The summed E-state index contributed by atoms with van der Waals surface area (Å²) in [6, 6.07) is 6.66. The van der Waals surface area contributed by atoms with Gasteiger partial charge in [-0.3, -0.25) is 14.7 Å². The minimum absolute atomic E-state index is 0.0306. The molecule has 1 aromatic rings. The maximum Gasteiger partial charge on any atom is 0.387 e. The zero-order valence-electron chi connectivity index (χ0n) is 20.3. The van der Waals surface area contributed by atoms with Crippen LogP contribution in [0.3, 0.4) is 0 Å². The van der Waals surface area contributed by atoms with E-state index in [0.717, 1.165) is 0 Å². The second kappa shape index (κ2) is 19.2. The molecule has 0 heterocycles. The molecule has 0 radical (unpaired) electrons. The van der Waals surface area contributed by atoms with Gasteiger partial charge in [0.15, 0.2) is 5.96 Å². The third-order valence-corrected chi connectivity index (χ3v) is 3.66. The molecule has 0 aromatic heterocycles. The number of nitrogens with zero attached hydrogens (tertiary/aromatic N) is 2. The summed E-state index contributed by atoms with van der Waals surface area (Å²) in [4.78, 5) is 16.6. The quantitative estimate of drug-likeness (QED) is 0.251. The standard InChI is InChI=1S/C15H20FN3O.C8H8F2O.C2H6/c1-5-8-12(9-6-2)13(16)10-7-11-14(20)19(4)15(17)18-3;1-6-4-2-3-5-7(6)11-8(9)10;1-2/h5,7-8,10H,11H2,1-4H3,(H2,17,18);2-5,8H,1H3;1-2H3/b8-5+,10-7-,13-12-;;. The molecule has 0 bridgehead atoms. The summed E-state index contributed by atoms with van der Waals surface area (Å²) >= 11 is 0. The van der Waals surface area contributed by atoms with Crippen LogP contribution in [0.5, 0.6) is 5.75 Å². The minimum atomic E-state index is -2.74. The van der Waals surface area contributed by atoms with Crippen LogP contribution in [0.2, 0.25) is 0 Å². The average molecular weight is 466 g/mol. The molecule has 0 aliphatic carbocycles. The second-order valence-corrected chi connectivity index (χ2v) is 5.92. The fourth-order valence-corrected chi connectivity index (χ4v) is 2.03. The number of carbonyl (C=O) groups is 1. The number of hydrogen-bond donors (Lipinski definition) is 1. The van der Waals surface area contributed by atoms with Crippen molar-refractivity contribution >= 4 is 11.9 Å². The number of ether oxygens (including phenoxy) is 1. The molecule has 182 valence electrons. The Morgan fingerprint density at radius 2 is 1.88 bits per heavy atom. The summed E-state index contributed by atoms with van der Waals surface area (Å²) in [5.41, 5.74) is 6.49. The molecule has 2 N–H and O–H groups in total. The summed E-state index contributed by atoms with van der Waals surface area (Å²) < 4.78 is 41.4. The van der Waals surface area contributed by atoms with E-state index in [0.29, 0.717) is 5.56 Å². The highest BCUT2D eigenvalue weighted by atomic mass is 19.3. The van der Waals surface area contributed by atoms with Crippen molar-refractivity contribution in [2.45, 2.75) is 47.7 Å². The van der Waals surface area contributed by atoms with E-state index in [9.17, 15) is 18.0 Å². The van der Waals surface area contributed by atoms with E-state index >= 15 is 0 Å². The third-order valence-electron chi connectivity index (χ3n) is 3.66. The molecule has 0 fully saturated rings. The Labute approximate surface area is 195 Å². The molecule has 0 aliphatic rings. The van der Waals surface area contributed by atoms with E-state index in [-0.39, 0.29) is 29.6 Å². The van der Waals surface area contributed by atoms with Crippen molar-refractivity contribution in [3.63, 3.8) is 0 Å². The number of para-hydroxylation sites is 1. The van der Waals surface area contributed by atoms with E-state index in [1.165, 1.54) is 37.2 Å². The Hall–Kier alpha value is -3.47. The molecule has 0 unspecified atom stereocenters. The first kappa shape index (κ1) is 31.7. The number of nitrogens with two attached hydrogens (primary N) is 1. The number of rotatable bonds is 6. The topological polar surface area (TPSA) is 67.9 Å². The lowest BCUT2D eigenvalue weighted by molar-refractivity contribution is -0.125. The van der Waals surface area contributed by atoms with Gasteiger partial charge in [-0.05, 0) is 44.6 Å². The van der Waals surface area contributed by atoms with Crippen LogP contribution in [-0.2, 0) is 4.79 Å². The first-order valence-electron chi connectivity index (χ1n) is 10.3. The molecular weight excluding hydrogens is 431 g/mol. The molecule has 0 saturated heterocycles. The van der Waals surface area contributed by atoms with E-state index in [2.05, 4.69) is 21.6 Å². The summed E-state index contributed by atoms with van der Waals surface area (Å²) in [5, 5.41) is 0. The monoisotopic (exact) mass is 465 g/mol. The number of allylic oxidation sites excluding steroid dienone is 5. The number of amides is 1. The Balaban J connectivity index is 0. The largest absolute Gasteiger partial charge is 0.435 e. The lowest BCUT2D eigenvalue weighted by atomic mass is 10.2. The van der Waals surface area contributed by atoms with Crippen molar-refractivity contribution in [1.29, 1.82) is 0 Å². The van der Waals surface area contributed by atoms with Crippen LogP contribution in [-0.4, -0.2) is 37.5 Å². The fourth-order valence-electron chi connectivity index (χ4n) is 2.03. The van der Waals surface area contributed by atoms with E-state index < -0.39 is 12.4 Å². The van der Waals surface area contributed by atoms with Gasteiger partial charge in [0.25, 0.3) is 0 Å². The summed E-state index contributed by atoms with van der Waals surface area (Å²) in [6.45, 7) is 6.39. The zero-order chi connectivity index (χ0) is 25.8. The second-order valence-electron chi connectivity index (χ2n) is 5.92. The molecule has 0 aliphatic heterocycles. The lowest BCUT2D eigenvalue weighted by Gasteiger charge is -2.14. The first-order chi connectivity index (χ1) is 15.7. The SMILES string of the molecule is CC.CC#CC(/C=C/C)=C(F)/C=C\CC(=O)N(C)C(N)=NC.Cc1ccccc1OC(F)F.